The van der Waals surface area contributed by atoms with Gasteiger partial charge in [0, 0.05) is 61.7 Å². The number of pyridine rings is 1. The van der Waals surface area contributed by atoms with Crippen molar-refractivity contribution in [3.63, 3.8) is 0 Å². The SMILES string of the molecule is C[C@H](c1cccc(Cl)c1)N1CCn2cc(-c3nn(COCC[Si](C)(C)C)c4ncc(-c5ccccc5)cc34)cc2C1=O. The lowest BCUT2D eigenvalue weighted by Crippen LogP contribution is -2.41. The number of benzene rings is 2. The maximum atomic E-state index is 13.7. The normalized spacial score (nSPS) is 14.4. The second-order valence-electron chi connectivity index (χ2n) is 12.2. The summed E-state index contributed by atoms with van der Waals surface area (Å²) in [4.78, 5) is 20.5. The maximum Gasteiger partial charge on any atom is 0.271 e. The van der Waals surface area contributed by atoms with Crippen molar-refractivity contribution in [1.29, 1.82) is 0 Å². The van der Waals surface area contributed by atoms with Gasteiger partial charge in [0.05, 0.1) is 6.04 Å². The van der Waals surface area contributed by atoms with E-state index in [0.717, 1.165) is 45.0 Å². The van der Waals surface area contributed by atoms with Crippen LogP contribution in [0.3, 0.4) is 0 Å². The van der Waals surface area contributed by atoms with Crippen molar-refractivity contribution < 1.29 is 9.53 Å². The largest absolute Gasteiger partial charge is 0.359 e. The van der Waals surface area contributed by atoms with E-state index in [4.69, 9.17) is 26.4 Å². The summed E-state index contributed by atoms with van der Waals surface area (Å²) in [6, 6.07) is 23.1. The summed E-state index contributed by atoms with van der Waals surface area (Å²) >= 11 is 6.25. The van der Waals surface area contributed by atoms with Gasteiger partial charge < -0.3 is 14.2 Å². The van der Waals surface area contributed by atoms with E-state index in [1.54, 1.807) is 0 Å². The molecule has 6 rings (SSSR count). The molecule has 5 aromatic rings. The second kappa shape index (κ2) is 11.5. The molecule has 9 heteroatoms. The number of fused-ring (bicyclic) bond motifs is 2. The standard InChI is InChI=1S/C33H36ClN5O2Si/c1-23(25-11-8-12-28(34)17-25)38-14-13-37-21-27(19-30(37)33(38)40)31-29-18-26(24-9-6-5-7-10-24)20-35-32(29)39(36-31)22-41-15-16-42(2,3)4/h5-12,17-21,23H,13-16,22H2,1-4H3/t23-/m1/s1. The first-order chi connectivity index (χ1) is 20.2. The van der Waals surface area contributed by atoms with Crippen molar-refractivity contribution in [3.05, 3.63) is 95.4 Å². The molecular formula is C33H36ClN5O2Si. The fourth-order valence-electron chi connectivity index (χ4n) is 5.46. The van der Waals surface area contributed by atoms with Crippen molar-refractivity contribution in [2.45, 2.75) is 51.9 Å². The van der Waals surface area contributed by atoms with Gasteiger partial charge in [-0.1, -0.05) is 73.7 Å². The fraction of sp³-hybridized carbons (Fsp3) is 0.303. The van der Waals surface area contributed by atoms with Crippen LogP contribution in [0, 0.1) is 0 Å². The van der Waals surface area contributed by atoms with Crippen LogP contribution in [0.25, 0.3) is 33.4 Å². The third kappa shape index (κ3) is 5.79. The average molecular weight is 598 g/mol. The molecule has 1 atom stereocenters. The lowest BCUT2D eigenvalue weighted by Gasteiger charge is -2.33. The predicted octanol–water partition coefficient (Wildman–Crippen LogP) is 7.75. The average Bonchev–Trinajstić information content (AvgIpc) is 3.57. The molecule has 0 saturated heterocycles. The maximum absolute atomic E-state index is 13.7. The molecule has 4 heterocycles. The van der Waals surface area contributed by atoms with Crippen molar-refractivity contribution in [2.75, 3.05) is 13.2 Å². The Hall–Kier alpha value is -3.72. The molecule has 0 bridgehead atoms. The topological polar surface area (TPSA) is 65.2 Å². The molecule has 0 spiro atoms. The van der Waals surface area contributed by atoms with Crippen LogP contribution in [0.5, 0.6) is 0 Å². The smallest absolute Gasteiger partial charge is 0.271 e. The summed E-state index contributed by atoms with van der Waals surface area (Å²) in [5, 5.41) is 6.60. The van der Waals surface area contributed by atoms with Crippen molar-refractivity contribution in [3.8, 4) is 22.4 Å². The number of nitrogens with zero attached hydrogens (tertiary/aromatic N) is 5. The van der Waals surface area contributed by atoms with Gasteiger partial charge in [-0.3, -0.25) is 4.79 Å². The van der Waals surface area contributed by atoms with Gasteiger partial charge in [0.1, 0.15) is 18.1 Å². The molecule has 0 radical (unpaired) electrons. The third-order valence-corrected chi connectivity index (χ3v) is 9.87. The second-order valence-corrected chi connectivity index (χ2v) is 18.3. The number of hydrogen-bond acceptors (Lipinski definition) is 4. The van der Waals surface area contributed by atoms with Gasteiger partial charge in [-0.25, -0.2) is 9.67 Å². The minimum absolute atomic E-state index is 0.00138. The van der Waals surface area contributed by atoms with E-state index in [-0.39, 0.29) is 11.9 Å². The molecule has 1 amide bonds. The number of halogens is 1. The minimum atomic E-state index is -1.21. The molecule has 0 saturated carbocycles. The summed E-state index contributed by atoms with van der Waals surface area (Å²) in [6.07, 6.45) is 3.94. The Labute approximate surface area is 252 Å². The molecule has 0 unspecified atom stereocenters. The first-order valence-corrected chi connectivity index (χ1v) is 18.5. The first kappa shape index (κ1) is 28.4. The summed E-state index contributed by atoms with van der Waals surface area (Å²) < 4.78 is 9.96. The van der Waals surface area contributed by atoms with E-state index in [0.29, 0.717) is 37.1 Å². The van der Waals surface area contributed by atoms with Crippen LogP contribution < -0.4 is 0 Å². The molecular weight excluding hydrogens is 562 g/mol. The Morgan fingerprint density at radius 3 is 2.55 bits per heavy atom. The molecule has 2 aromatic carbocycles. The number of ether oxygens (including phenoxy) is 1. The molecule has 42 heavy (non-hydrogen) atoms. The van der Waals surface area contributed by atoms with Crippen LogP contribution >= 0.6 is 11.6 Å². The Bertz CT molecular complexity index is 1740. The summed E-state index contributed by atoms with van der Waals surface area (Å²) in [5.41, 5.74) is 6.26. The zero-order valence-electron chi connectivity index (χ0n) is 24.5. The molecule has 0 fully saturated rings. The highest BCUT2D eigenvalue weighted by atomic mass is 35.5. The molecule has 1 aliphatic rings. The quantitative estimate of drug-likeness (QED) is 0.129. The zero-order valence-corrected chi connectivity index (χ0v) is 26.3. The number of hydrogen-bond donors (Lipinski definition) is 0. The van der Waals surface area contributed by atoms with E-state index < -0.39 is 8.07 Å². The predicted molar refractivity (Wildman–Crippen MR) is 171 cm³/mol. The highest BCUT2D eigenvalue weighted by Crippen LogP contribution is 2.34. The van der Waals surface area contributed by atoms with Crippen LogP contribution in [0.15, 0.2) is 79.1 Å². The molecule has 0 N–H and O–H groups in total. The van der Waals surface area contributed by atoms with E-state index in [1.807, 2.05) is 75.1 Å². The number of amides is 1. The number of rotatable bonds is 9. The number of aromatic nitrogens is 4. The van der Waals surface area contributed by atoms with Crippen LogP contribution in [0.1, 0.15) is 29.0 Å². The molecule has 0 aliphatic carbocycles. The lowest BCUT2D eigenvalue weighted by molar-refractivity contribution is 0.0632. The van der Waals surface area contributed by atoms with Gasteiger partial charge in [-0.05, 0) is 48.4 Å². The van der Waals surface area contributed by atoms with Gasteiger partial charge in [-0.15, -0.1) is 0 Å². The van der Waals surface area contributed by atoms with Crippen LogP contribution in [0.2, 0.25) is 30.7 Å². The highest BCUT2D eigenvalue weighted by Gasteiger charge is 2.30. The third-order valence-electron chi connectivity index (χ3n) is 7.93. The van der Waals surface area contributed by atoms with E-state index in [1.165, 1.54) is 0 Å². The zero-order chi connectivity index (χ0) is 29.4. The van der Waals surface area contributed by atoms with E-state index in [2.05, 4.69) is 44.8 Å². The Morgan fingerprint density at radius 2 is 1.79 bits per heavy atom. The highest BCUT2D eigenvalue weighted by molar-refractivity contribution is 6.76. The van der Waals surface area contributed by atoms with Gasteiger partial charge >= 0.3 is 0 Å². The molecule has 7 nitrogen and oxygen atoms in total. The molecule has 216 valence electrons. The Morgan fingerprint density at radius 1 is 0.976 bits per heavy atom. The van der Waals surface area contributed by atoms with Gasteiger partial charge in [0.15, 0.2) is 5.65 Å². The summed E-state index contributed by atoms with van der Waals surface area (Å²) in [6.45, 7) is 11.4. The van der Waals surface area contributed by atoms with Crippen LogP contribution in [0.4, 0.5) is 0 Å². The number of carbonyl (C=O) groups is 1. The van der Waals surface area contributed by atoms with Gasteiger partial charge in [-0.2, -0.15) is 5.10 Å². The Balaban J connectivity index is 1.35. The monoisotopic (exact) mass is 597 g/mol. The molecule has 1 aliphatic heterocycles. The van der Waals surface area contributed by atoms with E-state index in [9.17, 15) is 4.79 Å². The summed E-state index contributed by atoms with van der Waals surface area (Å²) in [5.74, 6) is 0.00138. The van der Waals surface area contributed by atoms with E-state index >= 15 is 0 Å². The van der Waals surface area contributed by atoms with Crippen LogP contribution in [-0.2, 0) is 18.0 Å². The summed E-state index contributed by atoms with van der Waals surface area (Å²) in [7, 11) is -1.21. The van der Waals surface area contributed by atoms with Gasteiger partial charge in [0.25, 0.3) is 5.91 Å². The Kier molecular flexibility index (Phi) is 7.78. The minimum Gasteiger partial charge on any atom is -0.359 e. The number of carbonyl (C=O) groups excluding carboxylic acids is 1. The molecule has 3 aromatic heterocycles. The van der Waals surface area contributed by atoms with Crippen molar-refractivity contribution >= 4 is 36.6 Å². The first-order valence-electron chi connectivity index (χ1n) is 14.4. The van der Waals surface area contributed by atoms with Crippen molar-refractivity contribution in [1.82, 2.24) is 24.2 Å². The fourth-order valence-corrected chi connectivity index (χ4v) is 6.42. The lowest BCUT2D eigenvalue weighted by atomic mass is 10.0. The van der Waals surface area contributed by atoms with Crippen LogP contribution in [-0.4, -0.2) is 51.4 Å². The van der Waals surface area contributed by atoms with Gasteiger partial charge in [0.2, 0.25) is 0 Å². The van der Waals surface area contributed by atoms with Crippen molar-refractivity contribution in [2.24, 2.45) is 0 Å².